The van der Waals surface area contributed by atoms with E-state index in [2.05, 4.69) is 10.3 Å². The Kier molecular flexibility index (Phi) is 5.64. The molecule has 0 bridgehead atoms. The summed E-state index contributed by atoms with van der Waals surface area (Å²) in [6.45, 7) is 0.472. The molecule has 0 saturated carbocycles. The van der Waals surface area contributed by atoms with Crippen molar-refractivity contribution in [2.24, 2.45) is 0 Å². The summed E-state index contributed by atoms with van der Waals surface area (Å²) in [6.07, 6.45) is 2.15. The van der Waals surface area contributed by atoms with E-state index in [9.17, 15) is 14.3 Å². The highest BCUT2D eigenvalue weighted by Gasteiger charge is 2.16. The maximum Gasteiger partial charge on any atom is 0.311 e. The second-order valence-electron chi connectivity index (χ2n) is 4.75. The molecule has 23 heavy (non-hydrogen) atoms. The monoisotopic (exact) mass is 335 g/mol. The number of hydrogen-bond donors (Lipinski definition) is 1. The first kappa shape index (κ1) is 16.9. The molecule has 0 aliphatic rings. The molecule has 1 unspecified atom stereocenters. The van der Waals surface area contributed by atoms with E-state index in [1.165, 1.54) is 18.4 Å². The third kappa shape index (κ3) is 4.49. The molecule has 0 saturated heterocycles. The van der Waals surface area contributed by atoms with Gasteiger partial charge in [0, 0.05) is 18.9 Å². The van der Waals surface area contributed by atoms with E-state index in [0.717, 1.165) is 11.3 Å². The van der Waals surface area contributed by atoms with Crippen LogP contribution in [0.2, 0.25) is 0 Å². The fraction of sp³-hybridized carbons (Fsp3) is 0.267. The van der Waals surface area contributed by atoms with Gasteiger partial charge in [0.15, 0.2) is 0 Å². The molecule has 1 aromatic carbocycles. The number of nitrogens with zero attached hydrogens (tertiary/aromatic N) is 2. The Hall–Kier alpha value is -2.48. The summed E-state index contributed by atoms with van der Waals surface area (Å²) in [5.74, 6) is 0.911. The lowest BCUT2D eigenvalue weighted by atomic mass is 10.1. The lowest BCUT2D eigenvalue weighted by Gasteiger charge is -2.08. The molecule has 7 nitrogen and oxygen atoms in total. The number of ether oxygens (including phenoxy) is 1. The molecule has 1 aromatic heterocycles. The number of benzene rings is 1. The largest absolute Gasteiger partial charge is 0.497 e. The molecule has 1 heterocycles. The maximum atomic E-state index is 11.5. The van der Waals surface area contributed by atoms with Crippen molar-refractivity contribution in [3.05, 3.63) is 52.1 Å². The smallest absolute Gasteiger partial charge is 0.311 e. The number of nitrogens with one attached hydrogen (secondary N) is 1. The minimum Gasteiger partial charge on any atom is -0.497 e. The number of nitro groups is 1. The second-order valence-corrected chi connectivity index (χ2v) is 6.08. The van der Waals surface area contributed by atoms with E-state index in [4.69, 9.17) is 4.74 Å². The summed E-state index contributed by atoms with van der Waals surface area (Å²) in [6, 6.07) is 10.3. The van der Waals surface area contributed by atoms with E-state index in [-0.39, 0.29) is 11.5 Å². The SMILES string of the molecule is COc1ccc(CCNc2nc(S(C)=O)ccc2[N+](=O)[O-])cc1. The Morgan fingerprint density at radius 3 is 2.52 bits per heavy atom. The number of methoxy groups -OCH3 is 1. The van der Waals surface area contributed by atoms with Gasteiger partial charge in [0.05, 0.1) is 22.8 Å². The maximum absolute atomic E-state index is 11.5. The van der Waals surface area contributed by atoms with Crippen LogP contribution >= 0.6 is 0 Å². The minimum absolute atomic E-state index is 0.131. The first-order valence-corrected chi connectivity index (χ1v) is 8.42. The molecule has 0 aliphatic heterocycles. The van der Waals surface area contributed by atoms with E-state index >= 15 is 0 Å². The van der Waals surface area contributed by atoms with Gasteiger partial charge in [0.25, 0.3) is 0 Å². The highest BCUT2D eigenvalue weighted by atomic mass is 32.2. The quantitative estimate of drug-likeness (QED) is 0.617. The second kappa shape index (κ2) is 7.68. The highest BCUT2D eigenvalue weighted by molar-refractivity contribution is 7.84. The van der Waals surface area contributed by atoms with Gasteiger partial charge in [-0.2, -0.15) is 0 Å². The van der Waals surface area contributed by atoms with Crippen molar-refractivity contribution >= 4 is 22.3 Å². The number of anilines is 1. The fourth-order valence-corrected chi connectivity index (χ4v) is 2.47. The summed E-state index contributed by atoms with van der Waals surface area (Å²) in [7, 11) is 0.310. The van der Waals surface area contributed by atoms with Crippen LogP contribution in [-0.4, -0.2) is 34.0 Å². The van der Waals surface area contributed by atoms with Crippen molar-refractivity contribution in [1.82, 2.24) is 4.98 Å². The van der Waals surface area contributed by atoms with Gasteiger partial charge in [0.2, 0.25) is 5.82 Å². The van der Waals surface area contributed by atoms with E-state index in [1.54, 1.807) is 7.11 Å². The van der Waals surface area contributed by atoms with Crippen molar-refractivity contribution in [3.8, 4) is 5.75 Å². The van der Waals surface area contributed by atoms with Gasteiger partial charge in [-0.25, -0.2) is 4.98 Å². The van der Waals surface area contributed by atoms with Gasteiger partial charge in [-0.3, -0.25) is 14.3 Å². The summed E-state index contributed by atoms with van der Waals surface area (Å²) in [4.78, 5) is 14.6. The fourth-order valence-electron chi connectivity index (χ4n) is 1.99. The Morgan fingerprint density at radius 2 is 1.96 bits per heavy atom. The van der Waals surface area contributed by atoms with Crippen LogP contribution in [0.25, 0.3) is 0 Å². The first-order chi connectivity index (χ1) is 11.0. The third-order valence-electron chi connectivity index (χ3n) is 3.20. The van der Waals surface area contributed by atoms with Gasteiger partial charge in [-0.1, -0.05) is 12.1 Å². The van der Waals surface area contributed by atoms with Crippen molar-refractivity contribution in [2.45, 2.75) is 11.4 Å². The number of hydrogen-bond acceptors (Lipinski definition) is 6. The Morgan fingerprint density at radius 1 is 1.26 bits per heavy atom. The summed E-state index contributed by atoms with van der Waals surface area (Å²) >= 11 is 0. The third-order valence-corrected chi connectivity index (χ3v) is 4.02. The molecule has 1 N–H and O–H groups in total. The Balaban J connectivity index is 2.07. The minimum atomic E-state index is -1.29. The van der Waals surface area contributed by atoms with Crippen LogP contribution in [0.15, 0.2) is 41.4 Å². The van der Waals surface area contributed by atoms with Gasteiger partial charge in [0.1, 0.15) is 10.8 Å². The van der Waals surface area contributed by atoms with E-state index < -0.39 is 15.7 Å². The predicted octanol–water partition coefficient (Wildman–Crippen LogP) is 2.39. The summed E-state index contributed by atoms with van der Waals surface area (Å²) in [5.41, 5.74) is 0.935. The van der Waals surface area contributed by atoms with Crippen molar-refractivity contribution in [3.63, 3.8) is 0 Å². The molecule has 8 heteroatoms. The number of pyridine rings is 1. The summed E-state index contributed by atoms with van der Waals surface area (Å²) < 4.78 is 16.6. The van der Waals surface area contributed by atoms with E-state index in [1.807, 2.05) is 24.3 Å². The van der Waals surface area contributed by atoms with Crippen LogP contribution in [0.5, 0.6) is 5.75 Å². The first-order valence-electron chi connectivity index (χ1n) is 6.87. The molecule has 0 spiro atoms. The molecule has 1 atom stereocenters. The zero-order valence-corrected chi connectivity index (χ0v) is 13.6. The number of aromatic nitrogens is 1. The Labute approximate surface area is 136 Å². The van der Waals surface area contributed by atoms with Gasteiger partial charge in [-0.15, -0.1) is 0 Å². The lowest BCUT2D eigenvalue weighted by molar-refractivity contribution is -0.384. The lowest BCUT2D eigenvalue weighted by Crippen LogP contribution is -2.10. The molecule has 0 amide bonds. The van der Waals surface area contributed by atoms with Crippen molar-refractivity contribution in [1.29, 1.82) is 0 Å². The molecule has 2 aromatic rings. The average Bonchev–Trinajstić information content (AvgIpc) is 2.55. The van der Waals surface area contributed by atoms with Crippen LogP contribution in [0, 0.1) is 10.1 Å². The zero-order chi connectivity index (χ0) is 16.8. The molecular formula is C15H17N3O4S. The van der Waals surface area contributed by atoms with Crippen LogP contribution in [0.3, 0.4) is 0 Å². The average molecular weight is 335 g/mol. The van der Waals surface area contributed by atoms with E-state index in [0.29, 0.717) is 18.0 Å². The van der Waals surface area contributed by atoms with Gasteiger partial charge >= 0.3 is 5.69 Å². The molecule has 0 aliphatic carbocycles. The van der Waals surface area contributed by atoms with Crippen LogP contribution < -0.4 is 10.1 Å². The predicted molar refractivity (Wildman–Crippen MR) is 88.4 cm³/mol. The van der Waals surface area contributed by atoms with Crippen molar-refractivity contribution in [2.75, 3.05) is 25.2 Å². The molecule has 122 valence electrons. The molecule has 2 rings (SSSR count). The molecule has 0 fully saturated rings. The highest BCUT2D eigenvalue weighted by Crippen LogP contribution is 2.23. The zero-order valence-electron chi connectivity index (χ0n) is 12.8. The standard InChI is InChI=1S/C15H17N3O4S/c1-22-12-5-3-11(4-6-12)9-10-16-15-13(18(19)20)7-8-14(17-15)23(2)21/h3-8H,9-10H2,1-2H3,(H,16,17). The van der Waals surface area contributed by atoms with Gasteiger partial charge in [-0.05, 0) is 30.2 Å². The van der Waals surface area contributed by atoms with Crippen LogP contribution in [0.1, 0.15) is 5.56 Å². The normalized spacial score (nSPS) is 11.7. The van der Waals surface area contributed by atoms with Crippen LogP contribution in [0.4, 0.5) is 11.5 Å². The summed E-state index contributed by atoms with van der Waals surface area (Å²) in [5, 5.41) is 14.3. The van der Waals surface area contributed by atoms with Crippen molar-refractivity contribution < 1.29 is 13.9 Å². The van der Waals surface area contributed by atoms with Crippen LogP contribution in [-0.2, 0) is 17.2 Å². The Bertz CT molecular complexity index is 719. The van der Waals surface area contributed by atoms with Gasteiger partial charge < -0.3 is 10.1 Å². The molecule has 0 radical (unpaired) electrons. The number of rotatable bonds is 7. The molecular weight excluding hydrogens is 318 g/mol. The topological polar surface area (TPSA) is 94.4 Å².